The van der Waals surface area contributed by atoms with Gasteiger partial charge in [-0.3, -0.25) is 4.79 Å². The zero-order chi connectivity index (χ0) is 11.8. The molecule has 0 spiro atoms. The van der Waals surface area contributed by atoms with Crippen molar-refractivity contribution in [2.75, 3.05) is 25.2 Å². The van der Waals surface area contributed by atoms with Crippen LogP contribution < -0.4 is 16.6 Å². The highest BCUT2D eigenvalue weighted by Crippen LogP contribution is 2.08. The summed E-state index contributed by atoms with van der Waals surface area (Å²) < 4.78 is 5.11. The second-order valence-corrected chi connectivity index (χ2v) is 3.00. The molecule has 16 heavy (non-hydrogen) atoms. The van der Waals surface area contributed by atoms with Gasteiger partial charge in [-0.25, -0.2) is 10.8 Å². The van der Waals surface area contributed by atoms with Gasteiger partial charge >= 0.3 is 0 Å². The molecule has 0 radical (unpaired) electrons. The van der Waals surface area contributed by atoms with E-state index in [1.165, 1.54) is 0 Å². The van der Waals surface area contributed by atoms with Crippen LogP contribution >= 0.6 is 0 Å². The first kappa shape index (κ1) is 12.4. The van der Waals surface area contributed by atoms with Crippen LogP contribution in [0.1, 0.15) is 17.3 Å². The third kappa shape index (κ3) is 3.48. The molecule has 0 saturated carbocycles. The van der Waals surface area contributed by atoms with Crippen molar-refractivity contribution in [2.45, 2.75) is 6.92 Å². The first-order valence-corrected chi connectivity index (χ1v) is 5.07. The highest BCUT2D eigenvalue weighted by atomic mass is 16.5. The lowest BCUT2D eigenvalue weighted by molar-refractivity contribution is 0.0923. The standard InChI is InChI=1S/C10H16N4O2/c1-2-16-7-6-13-10(15)8-4-3-5-12-9(8)14-11/h3-5H,2,6-7,11H2,1H3,(H,12,14)(H,13,15). The van der Waals surface area contributed by atoms with Gasteiger partial charge in [0.15, 0.2) is 5.82 Å². The minimum Gasteiger partial charge on any atom is -0.380 e. The highest BCUT2D eigenvalue weighted by Gasteiger charge is 2.10. The molecule has 0 atom stereocenters. The van der Waals surface area contributed by atoms with Gasteiger partial charge in [0.25, 0.3) is 5.91 Å². The number of ether oxygens (including phenoxy) is 1. The van der Waals surface area contributed by atoms with Crippen molar-refractivity contribution >= 4 is 11.7 Å². The second kappa shape index (κ2) is 6.76. The second-order valence-electron chi connectivity index (χ2n) is 3.00. The van der Waals surface area contributed by atoms with Crippen molar-refractivity contribution in [3.05, 3.63) is 23.9 Å². The van der Waals surface area contributed by atoms with Crippen LogP contribution in [0.5, 0.6) is 0 Å². The number of aromatic nitrogens is 1. The van der Waals surface area contributed by atoms with E-state index in [2.05, 4.69) is 15.7 Å². The average molecular weight is 224 g/mol. The number of nitrogen functional groups attached to an aromatic ring is 1. The smallest absolute Gasteiger partial charge is 0.255 e. The maximum absolute atomic E-state index is 11.7. The van der Waals surface area contributed by atoms with Crippen LogP contribution in [-0.2, 0) is 4.74 Å². The number of rotatable bonds is 6. The Balaban J connectivity index is 2.52. The van der Waals surface area contributed by atoms with Crippen LogP contribution in [0.3, 0.4) is 0 Å². The van der Waals surface area contributed by atoms with E-state index in [1.54, 1.807) is 18.3 Å². The number of amides is 1. The zero-order valence-corrected chi connectivity index (χ0v) is 9.19. The lowest BCUT2D eigenvalue weighted by atomic mass is 10.2. The highest BCUT2D eigenvalue weighted by molar-refractivity contribution is 5.98. The SMILES string of the molecule is CCOCCNC(=O)c1cccnc1NN. The number of pyridine rings is 1. The Morgan fingerprint density at radius 3 is 3.12 bits per heavy atom. The maximum atomic E-state index is 11.7. The first-order chi connectivity index (χ1) is 7.79. The summed E-state index contributed by atoms with van der Waals surface area (Å²) >= 11 is 0. The Labute approximate surface area is 94.2 Å². The summed E-state index contributed by atoms with van der Waals surface area (Å²) in [7, 11) is 0. The Morgan fingerprint density at radius 2 is 2.44 bits per heavy atom. The molecule has 0 unspecified atom stereocenters. The van der Waals surface area contributed by atoms with Gasteiger partial charge in [-0.2, -0.15) is 0 Å². The summed E-state index contributed by atoms with van der Waals surface area (Å²) in [6.45, 7) is 3.50. The minimum absolute atomic E-state index is 0.222. The molecule has 6 heteroatoms. The zero-order valence-electron chi connectivity index (χ0n) is 9.19. The van der Waals surface area contributed by atoms with Crippen molar-refractivity contribution in [2.24, 2.45) is 5.84 Å². The normalized spacial score (nSPS) is 9.88. The molecule has 0 bridgehead atoms. The molecule has 4 N–H and O–H groups in total. The summed E-state index contributed by atoms with van der Waals surface area (Å²) in [5.74, 6) is 5.38. The molecule has 1 aromatic heterocycles. The Hall–Kier alpha value is -1.66. The van der Waals surface area contributed by atoms with Gasteiger partial charge in [-0.1, -0.05) is 0 Å². The quantitative estimate of drug-likeness (QED) is 0.363. The summed E-state index contributed by atoms with van der Waals surface area (Å²) in [5, 5.41) is 2.71. The van der Waals surface area contributed by atoms with Gasteiger partial charge in [-0.05, 0) is 19.1 Å². The van der Waals surface area contributed by atoms with Gasteiger partial charge in [-0.15, -0.1) is 0 Å². The largest absolute Gasteiger partial charge is 0.380 e. The fourth-order valence-corrected chi connectivity index (χ4v) is 1.18. The number of nitrogens with zero attached hydrogens (tertiary/aromatic N) is 1. The van der Waals surface area contributed by atoms with Gasteiger partial charge in [0.2, 0.25) is 0 Å². The van der Waals surface area contributed by atoms with Crippen molar-refractivity contribution in [1.29, 1.82) is 0 Å². The van der Waals surface area contributed by atoms with Crippen molar-refractivity contribution in [1.82, 2.24) is 10.3 Å². The maximum Gasteiger partial charge on any atom is 0.255 e. The minimum atomic E-state index is -0.222. The molecule has 1 aromatic rings. The molecule has 0 aliphatic heterocycles. The molecule has 1 amide bonds. The fraction of sp³-hybridized carbons (Fsp3) is 0.400. The molecule has 0 aromatic carbocycles. The van der Waals surface area contributed by atoms with Crippen LogP contribution in [0.2, 0.25) is 0 Å². The van der Waals surface area contributed by atoms with E-state index in [1.807, 2.05) is 6.92 Å². The lowest BCUT2D eigenvalue weighted by Gasteiger charge is -2.08. The van der Waals surface area contributed by atoms with Crippen LogP contribution in [0.4, 0.5) is 5.82 Å². The van der Waals surface area contributed by atoms with Gasteiger partial charge in [0.1, 0.15) is 0 Å². The fourth-order valence-electron chi connectivity index (χ4n) is 1.18. The molecule has 0 aliphatic rings. The number of carbonyl (C=O) groups is 1. The molecule has 88 valence electrons. The number of carbonyl (C=O) groups excluding carboxylic acids is 1. The molecule has 0 saturated heterocycles. The topological polar surface area (TPSA) is 89.3 Å². The molecular weight excluding hydrogens is 208 g/mol. The monoisotopic (exact) mass is 224 g/mol. The number of hydrogen-bond acceptors (Lipinski definition) is 5. The summed E-state index contributed by atoms with van der Waals surface area (Å²) in [5.41, 5.74) is 2.79. The Kier molecular flexibility index (Phi) is 5.24. The van der Waals surface area contributed by atoms with E-state index in [-0.39, 0.29) is 5.91 Å². The average Bonchev–Trinajstić information content (AvgIpc) is 2.34. The first-order valence-electron chi connectivity index (χ1n) is 5.07. The van der Waals surface area contributed by atoms with E-state index < -0.39 is 0 Å². The molecule has 6 nitrogen and oxygen atoms in total. The Morgan fingerprint density at radius 1 is 1.62 bits per heavy atom. The van der Waals surface area contributed by atoms with E-state index in [9.17, 15) is 4.79 Å². The van der Waals surface area contributed by atoms with Crippen LogP contribution in [0.25, 0.3) is 0 Å². The predicted molar refractivity (Wildman–Crippen MR) is 60.9 cm³/mol. The number of hydrazine groups is 1. The number of nitrogens with two attached hydrogens (primary N) is 1. The number of nitrogens with one attached hydrogen (secondary N) is 2. The van der Waals surface area contributed by atoms with Gasteiger partial charge in [0.05, 0.1) is 12.2 Å². The van der Waals surface area contributed by atoms with Crippen molar-refractivity contribution in [3.8, 4) is 0 Å². The lowest BCUT2D eigenvalue weighted by Crippen LogP contribution is -2.28. The third-order valence-corrected chi connectivity index (χ3v) is 1.93. The summed E-state index contributed by atoms with van der Waals surface area (Å²) in [6.07, 6.45) is 1.56. The summed E-state index contributed by atoms with van der Waals surface area (Å²) in [6, 6.07) is 3.33. The molecule has 0 aliphatic carbocycles. The van der Waals surface area contributed by atoms with Crippen LogP contribution in [-0.4, -0.2) is 30.6 Å². The van der Waals surface area contributed by atoms with Crippen LogP contribution in [0.15, 0.2) is 18.3 Å². The molecule has 1 rings (SSSR count). The molecule has 0 fully saturated rings. The molecule has 1 heterocycles. The van der Waals surface area contributed by atoms with E-state index in [0.717, 1.165) is 0 Å². The summed E-state index contributed by atoms with van der Waals surface area (Å²) in [4.78, 5) is 15.6. The number of hydrogen-bond donors (Lipinski definition) is 3. The van der Waals surface area contributed by atoms with E-state index in [0.29, 0.717) is 31.1 Å². The van der Waals surface area contributed by atoms with Crippen molar-refractivity contribution < 1.29 is 9.53 Å². The third-order valence-electron chi connectivity index (χ3n) is 1.93. The predicted octanol–water partition coefficient (Wildman–Crippen LogP) is 0.134. The van der Waals surface area contributed by atoms with Crippen LogP contribution in [0, 0.1) is 0 Å². The Bertz CT molecular complexity index is 343. The van der Waals surface area contributed by atoms with Gasteiger partial charge in [0, 0.05) is 19.3 Å². The van der Waals surface area contributed by atoms with E-state index >= 15 is 0 Å². The van der Waals surface area contributed by atoms with E-state index in [4.69, 9.17) is 10.6 Å². The van der Waals surface area contributed by atoms with Crippen molar-refractivity contribution in [3.63, 3.8) is 0 Å². The molecular formula is C10H16N4O2. The van der Waals surface area contributed by atoms with Gasteiger partial charge < -0.3 is 15.5 Å². The number of anilines is 1.